The summed E-state index contributed by atoms with van der Waals surface area (Å²) in [5.74, 6) is -0.543. The number of rotatable bonds is 15. The van der Waals surface area contributed by atoms with E-state index in [-0.39, 0.29) is 41.3 Å². The molecule has 6 aromatic rings. The van der Waals surface area contributed by atoms with Crippen LogP contribution in [0.1, 0.15) is 72.4 Å². The fraction of sp³-hybridized carbons (Fsp3) is 0.294. The maximum absolute atomic E-state index is 14.9. The van der Waals surface area contributed by atoms with Crippen LogP contribution in [0.2, 0.25) is 10.0 Å². The maximum Gasteiger partial charge on any atom is 0.326 e. The molecule has 8 rings (SSSR count). The minimum Gasteiger partial charge on any atom is -0.489 e. The van der Waals surface area contributed by atoms with Gasteiger partial charge in [-0.2, -0.15) is 9.57 Å². The van der Waals surface area contributed by atoms with Crippen molar-refractivity contribution in [3.05, 3.63) is 152 Å². The first-order valence-corrected chi connectivity index (χ1v) is 24.9. The van der Waals surface area contributed by atoms with Crippen LogP contribution in [0.15, 0.2) is 107 Å². The number of halogens is 2. The number of amides is 1. The number of anilines is 1. The summed E-state index contributed by atoms with van der Waals surface area (Å²) in [4.78, 5) is 31.8. The molecule has 3 heterocycles. The number of aryl methyl sites for hydroxylation is 1. The molecular weight excluding hydrogens is 946 g/mol. The quantitative estimate of drug-likeness (QED) is 0.0891. The second-order valence-electron chi connectivity index (χ2n) is 18.0. The smallest absolute Gasteiger partial charge is 0.326 e. The van der Waals surface area contributed by atoms with Gasteiger partial charge in [0, 0.05) is 19.5 Å². The van der Waals surface area contributed by atoms with Gasteiger partial charge in [-0.15, -0.1) is 0 Å². The number of aliphatic carboxylic acids is 1. The molecule has 1 unspecified atom stereocenters. The molecule has 0 radical (unpaired) electrons. The highest BCUT2D eigenvalue weighted by Gasteiger charge is 2.43. The van der Waals surface area contributed by atoms with Crippen molar-refractivity contribution in [1.29, 1.82) is 5.26 Å². The Morgan fingerprint density at radius 1 is 0.941 bits per heavy atom. The molecule has 17 heteroatoms. The van der Waals surface area contributed by atoms with Crippen LogP contribution in [0, 0.1) is 23.7 Å². The molecule has 0 aliphatic carbocycles. The number of nitrogens with one attached hydrogen (secondary N) is 2. The Morgan fingerprint density at radius 3 is 2.28 bits per heavy atom. The fourth-order valence-corrected chi connectivity index (χ4v) is 11.4. The normalized spacial score (nSPS) is 16.2. The van der Waals surface area contributed by atoms with Crippen LogP contribution in [0.25, 0.3) is 11.1 Å². The van der Waals surface area contributed by atoms with E-state index < -0.39 is 40.1 Å². The molecule has 2 aliphatic rings. The van der Waals surface area contributed by atoms with Crippen molar-refractivity contribution in [1.82, 2.24) is 14.6 Å². The van der Waals surface area contributed by atoms with Gasteiger partial charge in [-0.3, -0.25) is 4.79 Å². The van der Waals surface area contributed by atoms with Crippen LogP contribution in [-0.4, -0.2) is 59.9 Å². The number of thiazole rings is 1. The second-order valence-corrected chi connectivity index (χ2v) is 21.9. The summed E-state index contributed by atoms with van der Waals surface area (Å²) < 4.78 is 49.5. The van der Waals surface area contributed by atoms with E-state index in [4.69, 9.17) is 42.7 Å². The van der Waals surface area contributed by atoms with Gasteiger partial charge >= 0.3 is 5.97 Å². The number of carbonyl (C=O) groups excluding carboxylic acids is 1. The number of benzene rings is 5. The van der Waals surface area contributed by atoms with Gasteiger partial charge in [0.25, 0.3) is 10.0 Å². The summed E-state index contributed by atoms with van der Waals surface area (Å²) in [5.41, 5.74) is 6.22. The second kappa shape index (κ2) is 20.2. The van der Waals surface area contributed by atoms with Gasteiger partial charge in [0.2, 0.25) is 5.91 Å². The highest BCUT2D eigenvalue weighted by Crippen LogP contribution is 2.43. The number of carbonyl (C=O) groups is 2. The van der Waals surface area contributed by atoms with Crippen molar-refractivity contribution in [2.75, 3.05) is 18.5 Å². The third-order valence-electron chi connectivity index (χ3n) is 11.8. The molecule has 2 aliphatic heterocycles. The molecular formula is C51H49Cl2N5O8S2. The number of ether oxygens (including phenoxy) is 3. The van der Waals surface area contributed by atoms with Crippen molar-refractivity contribution in [2.45, 2.75) is 82.5 Å². The number of fused-ring (bicyclic) bond motifs is 2. The van der Waals surface area contributed by atoms with Gasteiger partial charge in [0.05, 0.1) is 27.4 Å². The van der Waals surface area contributed by atoms with E-state index in [1.165, 1.54) is 0 Å². The summed E-state index contributed by atoms with van der Waals surface area (Å²) in [6.07, 6.45) is 0.208. The molecule has 1 amide bonds. The molecule has 0 fully saturated rings. The van der Waals surface area contributed by atoms with Crippen LogP contribution in [0.5, 0.6) is 17.2 Å². The zero-order valence-electron chi connectivity index (χ0n) is 37.7. The molecule has 0 saturated heterocycles. The van der Waals surface area contributed by atoms with Crippen LogP contribution in [0.3, 0.4) is 0 Å². The zero-order valence-corrected chi connectivity index (χ0v) is 40.9. The number of sulfonamides is 1. The topological polar surface area (TPSA) is 180 Å². The van der Waals surface area contributed by atoms with Crippen molar-refractivity contribution in [2.24, 2.45) is 5.41 Å². The largest absolute Gasteiger partial charge is 0.489 e. The lowest BCUT2D eigenvalue weighted by Gasteiger charge is -2.36. The van der Waals surface area contributed by atoms with E-state index in [0.717, 1.165) is 44.3 Å². The Hall–Kier alpha value is -6.15. The van der Waals surface area contributed by atoms with Gasteiger partial charge in [-0.25, -0.2) is 18.2 Å². The Bertz CT molecular complexity index is 2990. The third-order valence-corrected chi connectivity index (χ3v) is 16.1. The van der Waals surface area contributed by atoms with E-state index in [2.05, 4.69) is 42.5 Å². The summed E-state index contributed by atoms with van der Waals surface area (Å²) >= 11 is 13.2. The van der Waals surface area contributed by atoms with E-state index in [1.54, 1.807) is 55.5 Å². The van der Waals surface area contributed by atoms with Gasteiger partial charge < -0.3 is 30.0 Å². The average molecular weight is 995 g/mol. The lowest BCUT2D eigenvalue weighted by Crippen LogP contribution is -2.55. The van der Waals surface area contributed by atoms with Crippen LogP contribution in [-0.2, 0) is 45.6 Å². The standard InChI is InChI=1S/C51H49Cl2N5O8S2/c1-30-49(67-50(56-30)55-20-19-51(2,3)4)68(62,63)58-27-38-25-45-44(65-29-46(66-45)36-14-16-39(17-15-36)64-28-33-9-18-40(52)41(53)21-33)24-37(38)23-43(58)47(59)57-42(48(60)61)22-31-5-10-34(11-6-31)35-12-7-32(26-54)8-13-35/h5-18,21,24-25,42-43,46H,19-20,22-23,27-29H2,1-4H3,(H,55,56)(H,57,59)(H,60,61)/t42?,43-,46+/m0/s1. The van der Waals surface area contributed by atoms with E-state index in [0.29, 0.717) is 67.8 Å². The molecule has 3 atom stereocenters. The van der Waals surface area contributed by atoms with E-state index in [9.17, 15) is 23.1 Å². The van der Waals surface area contributed by atoms with Crippen molar-refractivity contribution in [3.8, 4) is 34.4 Å². The predicted octanol–water partition coefficient (Wildman–Crippen LogP) is 10.2. The molecule has 0 spiro atoms. The predicted molar refractivity (Wildman–Crippen MR) is 262 cm³/mol. The molecule has 13 nitrogen and oxygen atoms in total. The van der Waals surface area contributed by atoms with E-state index in [1.807, 2.05) is 54.6 Å². The SMILES string of the molecule is Cc1nc(NCCC(C)(C)C)sc1S(=O)(=O)N1Cc2cc3c(cc2C[C@H]1C(=O)NC(Cc1ccc(-c2ccc(C#N)cc2)cc1)C(=O)O)OC[C@H](c1ccc(OCc2ccc(Cl)c(Cl)c2)cc1)O3. The number of nitrogens with zero attached hydrogens (tertiary/aromatic N) is 3. The molecule has 0 saturated carbocycles. The summed E-state index contributed by atoms with van der Waals surface area (Å²) in [7, 11) is -4.39. The summed E-state index contributed by atoms with van der Waals surface area (Å²) in [6, 6.07) is 30.1. The number of nitriles is 1. The van der Waals surface area contributed by atoms with Crippen LogP contribution < -0.4 is 24.8 Å². The lowest BCUT2D eigenvalue weighted by atomic mass is 9.92. The van der Waals surface area contributed by atoms with Gasteiger partial charge in [-0.05, 0) is 113 Å². The lowest BCUT2D eigenvalue weighted by molar-refractivity contribution is -0.142. The molecule has 352 valence electrons. The Kier molecular flexibility index (Phi) is 14.4. The fourth-order valence-electron chi connectivity index (χ4n) is 7.96. The molecule has 68 heavy (non-hydrogen) atoms. The monoisotopic (exact) mass is 993 g/mol. The highest BCUT2D eigenvalue weighted by atomic mass is 35.5. The van der Waals surface area contributed by atoms with Gasteiger partial charge in [-0.1, -0.05) is 110 Å². The minimum absolute atomic E-state index is 0.0175. The van der Waals surface area contributed by atoms with Crippen molar-refractivity contribution < 1.29 is 37.3 Å². The summed E-state index contributed by atoms with van der Waals surface area (Å²) in [5, 5.41) is 26.8. The highest BCUT2D eigenvalue weighted by molar-refractivity contribution is 7.91. The zero-order chi connectivity index (χ0) is 48.3. The van der Waals surface area contributed by atoms with Crippen molar-refractivity contribution >= 4 is 61.6 Å². The van der Waals surface area contributed by atoms with Gasteiger partial charge in [0.15, 0.2) is 26.9 Å². The number of hydrogen-bond donors (Lipinski definition) is 3. The Morgan fingerprint density at radius 2 is 1.62 bits per heavy atom. The first-order chi connectivity index (χ1) is 32.4. The number of hydrogen-bond acceptors (Lipinski definition) is 11. The molecule has 5 aromatic carbocycles. The number of carboxylic acid groups (broad SMARTS) is 1. The maximum atomic E-state index is 14.9. The van der Waals surface area contributed by atoms with Gasteiger partial charge in [0.1, 0.15) is 31.0 Å². The summed E-state index contributed by atoms with van der Waals surface area (Å²) in [6.45, 7) is 8.82. The van der Waals surface area contributed by atoms with Crippen LogP contribution in [0.4, 0.5) is 5.13 Å². The Balaban J connectivity index is 1.03. The number of aromatic nitrogens is 1. The van der Waals surface area contributed by atoms with Crippen LogP contribution >= 0.6 is 34.5 Å². The average Bonchev–Trinajstić information content (AvgIpc) is 3.70. The first kappa shape index (κ1) is 48.3. The number of carboxylic acids is 1. The molecule has 0 bridgehead atoms. The molecule has 1 aromatic heterocycles. The Labute approximate surface area is 409 Å². The molecule has 3 N–H and O–H groups in total. The minimum atomic E-state index is -4.39. The van der Waals surface area contributed by atoms with E-state index >= 15 is 0 Å². The third kappa shape index (κ3) is 11.2. The first-order valence-electron chi connectivity index (χ1n) is 21.9. The van der Waals surface area contributed by atoms with Crippen molar-refractivity contribution in [3.63, 3.8) is 0 Å².